The number of nitrogens with zero attached hydrogens (tertiary/aromatic N) is 4. The number of aryl methyl sites for hydroxylation is 2. The molecule has 1 amide bonds. The Morgan fingerprint density at radius 1 is 1.35 bits per heavy atom. The molecule has 3 heterocycles. The van der Waals surface area contributed by atoms with Crippen LogP contribution in [0.1, 0.15) is 36.1 Å². The highest BCUT2D eigenvalue weighted by atomic mass is 16.5. The molecule has 3 rings (SSSR count). The highest BCUT2D eigenvalue weighted by molar-refractivity contribution is 5.78. The average molecular weight is 315 g/mol. The SMILES string of the molecule is COCC(=O)N1CCC[C@H]1c1nc(C)cc(-c2cc(C)[nH]n2)n1. The number of ether oxygens (including phenoxy) is 1. The Balaban J connectivity index is 1.93. The standard InChI is InChI=1S/C16H21N5O2/c1-10-7-12(13-8-11(2)19-20-13)18-16(17-10)14-5-4-6-21(14)15(22)9-23-3/h7-8,14H,4-6,9H2,1-3H3,(H,19,20)/t14-/m0/s1. The summed E-state index contributed by atoms with van der Waals surface area (Å²) in [6.45, 7) is 4.70. The fourth-order valence-electron chi connectivity index (χ4n) is 2.96. The zero-order valence-corrected chi connectivity index (χ0v) is 13.7. The van der Waals surface area contributed by atoms with Crippen LogP contribution in [0.5, 0.6) is 0 Å². The fraction of sp³-hybridized carbons (Fsp3) is 0.500. The van der Waals surface area contributed by atoms with Gasteiger partial charge in [0.15, 0.2) is 5.82 Å². The molecule has 0 aromatic carbocycles. The van der Waals surface area contributed by atoms with Crippen molar-refractivity contribution < 1.29 is 9.53 Å². The average Bonchev–Trinajstić information content (AvgIpc) is 3.15. The van der Waals surface area contributed by atoms with Gasteiger partial charge < -0.3 is 9.64 Å². The summed E-state index contributed by atoms with van der Waals surface area (Å²) in [7, 11) is 1.53. The first-order valence-electron chi connectivity index (χ1n) is 7.75. The Bertz CT molecular complexity index is 712. The number of nitrogens with one attached hydrogen (secondary N) is 1. The summed E-state index contributed by atoms with van der Waals surface area (Å²) >= 11 is 0. The first kappa shape index (κ1) is 15.6. The van der Waals surface area contributed by atoms with Gasteiger partial charge in [0.05, 0.1) is 11.7 Å². The number of H-pyrrole nitrogens is 1. The van der Waals surface area contributed by atoms with Crippen molar-refractivity contribution in [2.45, 2.75) is 32.7 Å². The molecule has 122 valence electrons. The molecule has 1 fully saturated rings. The lowest BCUT2D eigenvalue weighted by Crippen LogP contribution is -2.34. The molecule has 0 radical (unpaired) electrons. The van der Waals surface area contributed by atoms with E-state index in [0.29, 0.717) is 5.82 Å². The van der Waals surface area contributed by atoms with Crippen molar-refractivity contribution >= 4 is 5.91 Å². The van der Waals surface area contributed by atoms with Crippen molar-refractivity contribution in [1.29, 1.82) is 0 Å². The van der Waals surface area contributed by atoms with E-state index in [9.17, 15) is 4.79 Å². The maximum absolute atomic E-state index is 12.2. The third-order valence-electron chi connectivity index (χ3n) is 3.98. The molecule has 23 heavy (non-hydrogen) atoms. The predicted octanol–water partition coefficient (Wildman–Crippen LogP) is 1.79. The number of hydrogen-bond donors (Lipinski definition) is 1. The summed E-state index contributed by atoms with van der Waals surface area (Å²) < 4.78 is 4.97. The van der Waals surface area contributed by atoms with E-state index in [-0.39, 0.29) is 18.6 Å². The molecule has 2 aromatic rings. The minimum atomic E-state index is -0.0867. The summed E-state index contributed by atoms with van der Waals surface area (Å²) in [5.41, 5.74) is 3.43. The number of aromatic nitrogens is 4. The van der Waals surface area contributed by atoms with Crippen LogP contribution in [0.3, 0.4) is 0 Å². The largest absolute Gasteiger partial charge is 0.375 e. The molecule has 7 heteroatoms. The van der Waals surface area contributed by atoms with Crippen molar-refractivity contribution in [3.63, 3.8) is 0 Å². The normalized spacial score (nSPS) is 17.7. The van der Waals surface area contributed by atoms with Crippen LogP contribution in [0.4, 0.5) is 0 Å². The second-order valence-corrected chi connectivity index (χ2v) is 5.87. The molecule has 0 saturated carbocycles. The number of rotatable bonds is 4. The second-order valence-electron chi connectivity index (χ2n) is 5.87. The molecule has 1 saturated heterocycles. The highest BCUT2D eigenvalue weighted by Crippen LogP contribution is 2.31. The Morgan fingerprint density at radius 3 is 2.87 bits per heavy atom. The number of methoxy groups -OCH3 is 1. The molecule has 1 atom stereocenters. The van der Waals surface area contributed by atoms with Gasteiger partial charge in [0.2, 0.25) is 5.91 Å². The zero-order chi connectivity index (χ0) is 16.4. The van der Waals surface area contributed by atoms with Crippen LogP contribution in [0.2, 0.25) is 0 Å². The maximum atomic E-state index is 12.2. The topological polar surface area (TPSA) is 84.0 Å². The molecular formula is C16H21N5O2. The minimum Gasteiger partial charge on any atom is -0.375 e. The van der Waals surface area contributed by atoms with Crippen LogP contribution in [-0.4, -0.2) is 51.2 Å². The lowest BCUT2D eigenvalue weighted by Gasteiger charge is -2.23. The summed E-state index contributed by atoms with van der Waals surface area (Å²) in [6, 6.07) is 3.78. The Hall–Kier alpha value is -2.28. The van der Waals surface area contributed by atoms with Crippen molar-refractivity contribution in [1.82, 2.24) is 25.1 Å². The van der Waals surface area contributed by atoms with Gasteiger partial charge in [-0.25, -0.2) is 9.97 Å². The van der Waals surface area contributed by atoms with E-state index in [4.69, 9.17) is 4.74 Å². The van der Waals surface area contributed by atoms with Gasteiger partial charge in [-0.1, -0.05) is 0 Å². The third-order valence-corrected chi connectivity index (χ3v) is 3.98. The molecule has 1 aliphatic heterocycles. The molecule has 0 unspecified atom stereocenters. The van der Waals surface area contributed by atoms with E-state index in [1.165, 1.54) is 7.11 Å². The summed E-state index contributed by atoms with van der Waals surface area (Å²) in [6.07, 6.45) is 1.83. The van der Waals surface area contributed by atoms with Crippen molar-refractivity contribution in [3.05, 3.63) is 29.3 Å². The number of aromatic amines is 1. The van der Waals surface area contributed by atoms with Crippen LogP contribution in [0.15, 0.2) is 12.1 Å². The summed E-state index contributed by atoms with van der Waals surface area (Å²) in [4.78, 5) is 23.2. The summed E-state index contributed by atoms with van der Waals surface area (Å²) in [5.74, 6) is 0.667. The van der Waals surface area contributed by atoms with Crippen LogP contribution in [0, 0.1) is 13.8 Å². The Morgan fingerprint density at radius 2 is 2.17 bits per heavy atom. The van der Waals surface area contributed by atoms with Crippen molar-refractivity contribution in [3.8, 4) is 11.4 Å². The van der Waals surface area contributed by atoms with E-state index in [0.717, 1.165) is 42.2 Å². The molecule has 0 aliphatic carbocycles. The second kappa shape index (κ2) is 6.45. The maximum Gasteiger partial charge on any atom is 0.249 e. The van der Waals surface area contributed by atoms with Crippen molar-refractivity contribution in [2.75, 3.05) is 20.3 Å². The first-order valence-corrected chi connectivity index (χ1v) is 7.75. The van der Waals surface area contributed by atoms with E-state index in [1.54, 1.807) is 0 Å². The molecular weight excluding hydrogens is 294 g/mol. The quantitative estimate of drug-likeness (QED) is 0.930. The molecule has 1 N–H and O–H groups in total. The van der Waals surface area contributed by atoms with Crippen LogP contribution in [-0.2, 0) is 9.53 Å². The smallest absolute Gasteiger partial charge is 0.249 e. The number of carbonyl (C=O) groups is 1. The minimum absolute atomic E-state index is 0.0164. The van der Waals surface area contributed by atoms with E-state index in [1.807, 2.05) is 30.9 Å². The number of carbonyl (C=O) groups excluding carboxylic acids is 1. The molecule has 2 aromatic heterocycles. The lowest BCUT2D eigenvalue weighted by atomic mass is 10.1. The molecule has 7 nitrogen and oxygen atoms in total. The number of amides is 1. The third kappa shape index (κ3) is 3.24. The number of likely N-dealkylation sites (tertiary alicyclic amines) is 1. The van der Waals surface area contributed by atoms with Gasteiger partial charge >= 0.3 is 0 Å². The summed E-state index contributed by atoms with van der Waals surface area (Å²) in [5, 5.41) is 7.19. The van der Waals surface area contributed by atoms with E-state index in [2.05, 4.69) is 20.2 Å². The zero-order valence-electron chi connectivity index (χ0n) is 13.7. The highest BCUT2D eigenvalue weighted by Gasteiger charge is 2.32. The van der Waals surface area contributed by atoms with Gasteiger partial charge in [0.25, 0.3) is 0 Å². The van der Waals surface area contributed by atoms with Gasteiger partial charge in [-0.3, -0.25) is 9.89 Å². The lowest BCUT2D eigenvalue weighted by molar-refractivity contribution is -0.136. The van der Waals surface area contributed by atoms with Gasteiger partial charge in [-0.2, -0.15) is 5.10 Å². The monoisotopic (exact) mass is 315 g/mol. The Kier molecular flexibility index (Phi) is 4.38. The van der Waals surface area contributed by atoms with E-state index < -0.39 is 0 Å². The van der Waals surface area contributed by atoms with Crippen LogP contribution in [0.25, 0.3) is 11.4 Å². The Labute approximate surface area is 135 Å². The van der Waals surface area contributed by atoms with Gasteiger partial charge in [0.1, 0.15) is 12.3 Å². The van der Waals surface area contributed by atoms with E-state index >= 15 is 0 Å². The molecule has 1 aliphatic rings. The van der Waals surface area contributed by atoms with Crippen LogP contribution < -0.4 is 0 Å². The van der Waals surface area contributed by atoms with Gasteiger partial charge in [0, 0.05) is 25.0 Å². The van der Waals surface area contributed by atoms with Crippen molar-refractivity contribution in [2.24, 2.45) is 0 Å². The molecule has 0 spiro atoms. The number of hydrogen-bond acceptors (Lipinski definition) is 5. The van der Waals surface area contributed by atoms with Gasteiger partial charge in [-0.15, -0.1) is 0 Å². The predicted molar refractivity (Wildman–Crippen MR) is 84.7 cm³/mol. The van der Waals surface area contributed by atoms with Crippen LogP contribution >= 0.6 is 0 Å². The first-order chi connectivity index (χ1) is 11.1. The molecule has 0 bridgehead atoms. The fourth-order valence-corrected chi connectivity index (χ4v) is 2.96. The van der Waals surface area contributed by atoms with Gasteiger partial charge in [-0.05, 0) is 38.8 Å².